The summed E-state index contributed by atoms with van der Waals surface area (Å²) in [6.45, 7) is 3.17. The van der Waals surface area contributed by atoms with Crippen molar-refractivity contribution < 1.29 is 33.2 Å². The molecule has 1 saturated heterocycles. The zero-order chi connectivity index (χ0) is 23.4. The number of carbonyl (C=O) groups is 1. The summed E-state index contributed by atoms with van der Waals surface area (Å²) in [6.07, 6.45) is 2.96. The van der Waals surface area contributed by atoms with E-state index in [1.54, 1.807) is 25.1 Å². The largest absolute Gasteiger partial charge is 0.497 e. The molecule has 178 valence electrons. The highest BCUT2D eigenvalue weighted by Crippen LogP contribution is 2.38. The summed E-state index contributed by atoms with van der Waals surface area (Å²) in [7, 11) is 1.52. The van der Waals surface area contributed by atoms with E-state index in [1.165, 1.54) is 13.2 Å². The van der Waals surface area contributed by atoms with Crippen LogP contribution in [0.25, 0.3) is 11.1 Å². The molecule has 2 fully saturated rings. The van der Waals surface area contributed by atoms with Crippen molar-refractivity contribution in [3.05, 3.63) is 41.7 Å². The Morgan fingerprint density at radius 2 is 1.97 bits per heavy atom. The van der Waals surface area contributed by atoms with E-state index in [2.05, 4.69) is 5.32 Å². The maximum absolute atomic E-state index is 15.4. The highest BCUT2D eigenvalue weighted by Gasteiger charge is 2.40. The van der Waals surface area contributed by atoms with Crippen molar-refractivity contribution in [2.45, 2.75) is 50.9 Å². The first-order valence-electron chi connectivity index (χ1n) is 11.3. The molecule has 2 aromatic rings. The molecule has 0 radical (unpaired) electrons. The quantitative estimate of drug-likeness (QED) is 0.536. The number of carboxylic acid groups (broad SMARTS) is 1. The van der Waals surface area contributed by atoms with Gasteiger partial charge in [0.05, 0.1) is 26.4 Å². The fourth-order valence-electron chi connectivity index (χ4n) is 4.03. The Kier molecular flexibility index (Phi) is 7.05. The predicted octanol–water partition coefficient (Wildman–Crippen LogP) is 4.62. The number of nitrogens with one attached hydrogen (secondary N) is 1. The molecule has 4 rings (SSSR count). The molecule has 33 heavy (non-hydrogen) atoms. The van der Waals surface area contributed by atoms with E-state index in [4.69, 9.17) is 18.9 Å². The van der Waals surface area contributed by atoms with Crippen LogP contribution < -0.4 is 14.8 Å². The summed E-state index contributed by atoms with van der Waals surface area (Å²) < 4.78 is 37.5. The summed E-state index contributed by atoms with van der Waals surface area (Å²) >= 11 is 0. The van der Waals surface area contributed by atoms with Crippen LogP contribution in [-0.4, -0.2) is 49.6 Å². The third-order valence-corrected chi connectivity index (χ3v) is 6.08. The van der Waals surface area contributed by atoms with Crippen LogP contribution in [0.5, 0.6) is 11.5 Å². The minimum atomic E-state index is -1.10. The van der Waals surface area contributed by atoms with Crippen LogP contribution in [0.1, 0.15) is 38.2 Å². The first kappa shape index (κ1) is 23.3. The Balaban J connectivity index is 1.73. The van der Waals surface area contributed by atoms with Crippen molar-refractivity contribution in [3.8, 4) is 22.6 Å². The van der Waals surface area contributed by atoms with Crippen LogP contribution in [-0.2, 0) is 20.9 Å². The van der Waals surface area contributed by atoms with E-state index < -0.39 is 17.3 Å². The van der Waals surface area contributed by atoms with E-state index in [0.29, 0.717) is 61.8 Å². The second-order valence-electron chi connectivity index (χ2n) is 8.43. The van der Waals surface area contributed by atoms with Gasteiger partial charge in [0, 0.05) is 43.4 Å². The van der Waals surface area contributed by atoms with Gasteiger partial charge in [-0.15, -0.1) is 0 Å². The van der Waals surface area contributed by atoms with Gasteiger partial charge in [0.25, 0.3) is 0 Å². The molecule has 2 aliphatic rings. The monoisotopic (exact) mass is 459 g/mol. The van der Waals surface area contributed by atoms with Gasteiger partial charge in [-0.05, 0) is 49.1 Å². The van der Waals surface area contributed by atoms with E-state index in [0.717, 1.165) is 18.4 Å². The van der Waals surface area contributed by atoms with Crippen molar-refractivity contribution in [3.63, 3.8) is 0 Å². The number of hydrogen-bond donors (Lipinski definition) is 2. The molecule has 0 bridgehead atoms. The van der Waals surface area contributed by atoms with Crippen LogP contribution in [0.2, 0.25) is 0 Å². The molecular formula is C25H30FNO6. The number of halogens is 1. The Morgan fingerprint density at radius 1 is 1.21 bits per heavy atom. The number of benzene rings is 2. The molecule has 8 heteroatoms. The molecule has 0 aromatic heterocycles. The van der Waals surface area contributed by atoms with Crippen LogP contribution in [0.15, 0.2) is 30.3 Å². The van der Waals surface area contributed by atoms with Gasteiger partial charge >= 0.3 is 5.97 Å². The fraction of sp³-hybridized carbons (Fsp3) is 0.480. The topological polar surface area (TPSA) is 86.3 Å². The van der Waals surface area contributed by atoms with Gasteiger partial charge in [-0.3, -0.25) is 0 Å². The summed E-state index contributed by atoms with van der Waals surface area (Å²) in [5, 5.41) is 13.1. The first-order valence-corrected chi connectivity index (χ1v) is 11.3. The van der Waals surface area contributed by atoms with Crippen molar-refractivity contribution >= 4 is 11.7 Å². The van der Waals surface area contributed by atoms with Crippen molar-refractivity contribution in [2.75, 3.05) is 32.2 Å². The molecule has 0 atom stereocenters. The summed E-state index contributed by atoms with van der Waals surface area (Å²) in [5.41, 5.74) is 1.30. The van der Waals surface area contributed by atoms with E-state index in [9.17, 15) is 9.90 Å². The maximum Gasteiger partial charge on any atom is 0.329 e. The Morgan fingerprint density at radius 3 is 2.61 bits per heavy atom. The lowest BCUT2D eigenvalue weighted by atomic mass is 9.89. The molecule has 1 saturated carbocycles. The van der Waals surface area contributed by atoms with Crippen LogP contribution >= 0.6 is 0 Å². The Hall–Kier alpha value is -2.84. The van der Waals surface area contributed by atoms with Crippen LogP contribution in [0.3, 0.4) is 0 Å². The van der Waals surface area contributed by atoms with Gasteiger partial charge in [-0.1, -0.05) is 6.07 Å². The molecule has 0 unspecified atom stereocenters. The minimum Gasteiger partial charge on any atom is -0.497 e. The maximum atomic E-state index is 15.4. The minimum absolute atomic E-state index is 0.121. The molecule has 0 spiro atoms. The van der Waals surface area contributed by atoms with Gasteiger partial charge in [0.1, 0.15) is 11.3 Å². The smallest absolute Gasteiger partial charge is 0.329 e. The number of ether oxygens (including phenoxy) is 4. The normalized spacial score (nSPS) is 17.4. The summed E-state index contributed by atoms with van der Waals surface area (Å²) in [5.74, 6) is -0.781. The van der Waals surface area contributed by atoms with Gasteiger partial charge in [0.2, 0.25) is 0 Å². The predicted molar refractivity (Wildman–Crippen MR) is 121 cm³/mol. The lowest BCUT2D eigenvalue weighted by molar-refractivity contribution is -0.145. The van der Waals surface area contributed by atoms with E-state index in [1.807, 2.05) is 6.07 Å². The molecule has 2 N–H and O–H groups in total. The molecule has 1 aliphatic carbocycles. The summed E-state index contributed by atoms with van der Waals surface area (Å²) in [4.78, 5) is 12.1. The highest BCUT2D eigenvalue weighted by molar-refractivity contribution is 5.83. The molecule has 0 amide bonds. The molecule has 7 nitrogen and oxygen atoms in total. The van der Waals surface area contributed by atoms with Crippen molar-refractivity contribution in [1.29, 1.82) is 0 Å². The average molecular weight is 460 g/mol. The lowest BCUT2D eigenvalue weighted by Crippen LogP contribution is -2.50. The van der Waals surface area contributed by atoms with Crippen LogP contribution in [0, 0.1) is 5.82 Å². The zero-order valence-corrected chi connectivity index (χ0v) is 19.0. The molecule has 1 aliphatic heterocycles. The number of methoxy groups -OCH3 is 1. The second-order valence-corrected chi connectivity index (χ2v) is 8.43. The average Bonchev–Trinajstić information content (AvgIpc) is 3.65. The molecule has 1 heterocycles. The Labute approximate surface area is 192 Å². The second kappa shape index (κ2) is 9.97. The molecular weight excluding hydrogens is 429 g/mol. The third-order valence-electron chi connectivity index (χ3n) is 6.08. The van der Waals surface area contributed by atoms with E-state index >= 15 is 4.39 Å². The lowest BCUT2D eigenvalue weighted by Gasteiger charge is -2.35. The van der Waals surface area contributed by atoms with Gasteiger partial charge in [-0.2, -0.15) is 0 Å². The van der Waals surface area contributed by atoms with Crippen molar-refractivity contribution in [2.24, 2.45) is 0 Å². The Bertz CT molecular complexity index is 1000. The van der Waals surface area contributed by atoms with Crippen LogP contribution in [0.4, 0.5) is 10.1 Å². The van der Waals surface area contributed by atoms with Gasteiger partial charge in [-0.25, -0.2) is 9.18 Å². The highest BCUT2D eigenvalue weighted by atomic mass is 19.1. The number of rotatable bonds is 10. The van der Waals surface area contributed by atoms with Gasteiger partial charge in [0.15, 0.2) is 11.6 Å². The molecule has 2 aromatic carbocycles. The fourth-order valence-corrected chi connectivity index (χ4v) is 4.03. The van der Waals surface area contributed by atoms with Crippen molar-refractivity contribution in [1.82, 2.24) is 0 Å². The number of anilines is 1. The SMILES string of the molecule is CCOc1cc(OC)cc(-c2ccc(NC3(C(=O)O)CCOCC3)cc2COC2CC2)c1F. The standard InChI is InChI=1S/C25H30FNO6/c1-3-32-22-14-19(30-2)13-21(23(22)26)20-7-4-17(12-16(20)15-33-18-5-6-18)27-25(24(28)29)8-10-31-11-9-25/h4,7,12-14,18,27H,3,5-6,8-11,15H2,1-2H3,(H,28,29). The third kappa shape index (κ3) is 5.23. The summed E-state index contributed by atoms with van der Waals surface area (Å²) in [6, 6.07) is 8.57. The number of aliphatic carboxylic acids is 1. The zero-order valence-electron chi connectivity index (χ0n) is 19.0. The first-order chi connectivity index (χ1) is 16.0. The van der Waals surface area contributed by atoms with Gasteiger partial charge < -0.3 is 29.4 Å². The number of carboxylic acids is 1. The van der Waals surface area contributed by atoms with E-state index in [-0.39, 0.29) is 11.9 Å². The number of hydrogen-bond acceptors (Lipinski definition) is 6.